The molecule has 0 fully saturated rings. The van der Waals surface area contributed by atoms with Crippen LogP contribution in [0, 0.1) is 0 Å². The van der Waals surface area contributed by atoms with E-state index in [-0.39, 0.29) is 11.1 Å². The van der Waals surface area contributed by atoms with Crippen molar-refractivity contribution in [2.45, 2.75) is 13.5 Å². The summed E-state index contributed by atoms with van der Waals surface area (Å²) in [5.41, 5.74) is 1.19. The first-order valence-electron chi connectivity index (χ1n) is 5.73. The Morgan fingerprint density at radius 3 is 2.53 bits per heavy atom. The molecule has 1 heterocycles. The Morgan fingerprint density at radius 2 is 1.95 bits per heavy atom. The first-order valence-corrected chi connectivity index (χ1v) is 6.48. The average molecular weight is 296 g/mol. The lowest BCUT2D eigenvalue weighted by molar-refractivity contribution is 0.112. The fourth-order valence-electron chi connectivity index (χ4n) is 1.93. The lowest BCUT2D eigenvalue weighted by Gasteiger charge is -2.13. The predicted octanol–water partition coefficient (Wildman–Crippen LogP) is 3.65. The maximum Gasteiger partial charge on any atom is 0.261 e. The number of pyridine rings is 1. The molecule has 2 rings (SSSR count). The van der Waals surface area contributed by atoms with Crippen molar-refractivity contribution < 1.29 is 4.79 Å². The van der Waals surface area contributed by atoms with Crippen LogP contribution in [0.5, 0.6) is 0 Å². The lowest BCUT2D eigenvalue weighted by atomic mass is 10.1. The molecule has 0 unspecified atom stereocenters. The third-order valence-electron chi connectivity index (χ3n) is 2.85. The van der Waals surface area contributed by atoms with Gasteiger partial charge in [0.05, 0.1) is 16.3 Å². The molecule has 0 radical (unpaired) electrons. The van der Waals surface area contributed by atoms with Crippen LogP contribution in [0.4, 0.5) is 0 Å². The zero-order valence-electron chi connectivity index (χ0n) is 10.2. The maximum absolute atomic E-state index is 12.1. The SMILES string of the molecule is CCn1c(-c2ccc(Cl)cc2Cl)ccc(C=O)c1=O. The smallest absolute Gasteiger partial charge is 0.261 e. The van der Waals surface area contributed by atoms with Crippen molar-refractivity contribution in [1.29, 1.82) is 0 Å². The molecule has 0 aliphatic rings. The number of carbonyl (C=O) groups is 1. The first-order chi connectivity index (χ1) is 9.08. The van der Waals surface area contributed by atoms with Crippen LogP contribution in [0.1, 0.15) is 17.3 Å². The number of benzene rings is 1. The van der Waals surface area contributed by atoms with Gasteiger partial charge in [-0.1, -0.05) is 23.2 Å². The summed E-state index contributed by atoms with van der Waals surface area (Å²) in [7, 11) is 0. The van der Waals surface area contributed by atoms with Crippen molar-refractivity contribution in [3.63, 3.8) is 0 Å². The summed E-state index contributed by atoms with van der Waals surface area (Å²) in [4.78, 5) is 22.9. The van der Waals surface area contributed by atoms with E-state index in [1.165, 1.54) is 10.6 Å². The van der Waals surface area contributed by atoms with Crippen molar-refractivity contribution in [3.05, 3.63) is 56.3 Å². The summed E-state index contributed by atoms with van der Waals surface area (Å²) in [6.45, 7) is 2.29. The lowest BCUT2D eigenvalue weighted by Crippen LogP contribution is -2.24. The van der Waals surface area contributed by atoms with Gasteiger partial charge < -0.3 is 4.57 Å². The minimum Gasteiger partial charge on any atom is -0.308 e. The van der Waals surface area contributed by atoms with Crippen LogP contribution in [0.2, 0.25) is 10.0 Å². The number of hydrogen-bond acceptors (Lipinski definition) is 2. The van der Waals surface area contributed by atoms with E-state index in [4.69, 9.17) is 23.2 Å². The second-order valence-corrected chi connectivity index (χ2v) is 4.81. The molecule has 3 nitrogen and oxygen atoms in total. The molecule has 0 spiro atoms. The van der Waals surface area contributed by atoms with Crippen LogP contribution in [-0.2, 0) is 6.54 Å². The topological polar surface area (TPSA) is 39.1 Å². The van der Waals surface area contributed by atoms with Gasteiger partial charge in [0.1, 0.15) is 0 Å². The molecule has 98 valence electrons. The maximum atomic E-state index is 12.1. The van der Waals surface area contributed by atoms with Crippen molar-refractivity contribution in [2.24, 2.45) is 0 Å². The zero-order chi connectivity index (χ0) is 14.0. The van der Waals surface area contributed by atoms with E-state index < -0.39 is 0 Å². The number of halogens is 2. The molecule has 0 amide bonds. The molecular formula is C14H11Cl2NO2. The monoisotopic (exact) mass is 295 g/mol. The van der Waals surface area contributed by atoms with E-state index in [9.17, 15) is 9.59 Å². The van der Waals surface area contributed by atoms with Gasteiger partial charge in [-0.2, -0.15) is 0 Å². The predicted molar refractivity (Wildman–Crippen MR) is 77.2 cm³/mol. The number of aromatic nitrogens is 1. The highest BCUT2D eigenvalue weighted by atomic mass is 35.5. The quantitative estimate of drug-likeness (QED) is 0.811. The van der Waals surface area contributed by atoms with Crippen molar-refractivity contribution in [1.82, 2.24) is 4.57 Å². The normalized spacial score (nSPS) is 10.5. The van der Waals surface area contributed by atoms with Crippen LogP contribution in [0.15, 0.2) is 35.1 Å². The van der Waals surface area contributed by atoms with E-state index >= 15 is 0 Å². The Balaban J connectivity index is 2.72. The van der Waals surface area contributed by atoms with Gasteiger partial charge >= 0.3 is 0 Å². The van der Waals surface area contributed by atoms with Crippen LogP contribution >= 0.6 is 23.2 Å². The molecule has 0 saturated heterocycles. The summed E-state index contributed by atoms with van der Waals surface area (Å²) < 4.78 is 1.51. The fourth-order valence-corrected chi connectivity index (χ4v) is 2.44. The highest BCUT2D eigenvalue weighted by molar-refractivity contribution is 6.36. The van der Waals surface area contributed by atoms with Crippen LogP contribution in [0.25, 0.3) is 11.3 Å². The number of nitrogens with zero attached hydrogens (tertiary/aromatic N) is 1. The van der Waals surface area contributed by atoms with Crippen LogP contribution in [-0.4, -0.2) is 10.9 Å². The second-order valence-electron chi connectivity index (χ2n) is 3.97. The highest BCUT2D eigenvalue weighted by Gasteiger charge is 2.11. The van der Waals surface area contributed by atoms with Gasteiger partial charge in [-0.3, -0.25) is 9.59 Å². The Morgan fingerprint density at radius 1 is 1.21 bits per heavy atom. The Kier molecular flexibility index (Phi) is 4.08. The third-order valence-corrected chi connectivity index (χ3v) is 3.40. The molecule has 19 heavy (non-hydrogen) atoms. The summed E-state index contributed by atoms with van der Waals surface area (Å²) in [6.07, 6.45) is 0.557. The number of rotatable bonds is 3. The highest BCUT2D eigenvalue weighted by Crippen LogP contribution is 2.29. The van der Waals surface area contributed by atoms with E-state index in [0.29, 0.717) is 34.1 Å². The number of carbonyl (C=O) groups excluding carboxylic acids is 1. The Labute approximate surface area is 120 Å². The van der Waals surface area contributed by atoms with E-state index in [0.717, 1.165) is 0 Å². The minimum atomic E-state index is -0.319. The van der Waals surface area contributed by atoms with Gasteiger partial charge in [0, 0.05) is 17.1 Å². The molecule has 0 atom stereocenters. The molecule has 2 aromatic rings. The molecule has 5 heteroatoms. The largest absolute Gasteiger partial charge is 0.308 e. The van der Waals surface area contributed by atoms with E-state index in [2.05, 4.69) is 0 Å². The zero-order valence-corrected chi connectivity index (χ0v) is 11.7. The van der Waals surface area contributed by atoms with Gasteiger partial charge in [-0.05, 0) is 37.3 Å². The number of aldehydes is 1. The fraction of sp³-hybridized carbons (Fsp3) is 0.143. The molecule has 0 bridgehead atoms. The Hall–Kier alpha value is -1.58. The first kappa shape index (κ1) is 13.8. The van der Waals surface area contributed by atoms with Crippen LogP contribution in [0.3, 0.4) is 0 Å². The van der Waals surface area contributed by atoms with Gasteiger partial charge in [0.25, 0.3) is 5.56 Å². The molecule has 0 saturated carbocycles. The standard InChI is InChI=1S/C14H11Cl2NO2/c1-2-17-13(6-3-9(8-18)14(17)19)11-5-4-10(15)7-12(11)16/h3-8H,2H2,1H3. The molecule has 1 aromatic carbocycles. The molecule has 1 aromatic heterocycles. The Bertz CT molecular complexity index is 692. The molecule has 0 aliphatic heterocycles. The minimum absolute atomic E-state index is 0.135. The summed E-state index contributed by atoms with van der Waals surface area (Å²) in [5.74, 6) is 0. The van der Waals surface area contributed by atoms with Gasteiger partial charge in [0.15, 0.2) is 6.29 Å². The summed E-state index contributed by atoms with van der Waals surface area (Å²) in [5, 5.41) is 0.997. The van der Waals surface area contributed by atoms with E-state index in [1.54, 1.807) is 24.3 Å². The van der Waals surface area contributed by atoms with Gasteiger partial charge in [0.2, 0.25) is 0 Å². The van der Waals surface area contributed by atoms with Crippen LogP contribution < -0.4 is 5.56 Å². The van der Waals surface area contributed by atoms with E-state index in [1.807, 2.05) is 6.92 Å². The average Bonchev–Trinajstić information content (AvgIpc) is 2.38. The third kappa shape index (κ3) is 2.57. The number of hydrogen-bond donors (Lipinski definition) is 0. The van der Waals surface area contributed by atoms with Crippen molar-refractivity contribution in [3.8, 4) is 11.3 Å². The molecule has 0 aliphatic carbocycles. The van der Waals surface area contributed by atoms with Gasteiger partial charge in [-0.15, -0.1) is 0 Å². The second kappa shape index (κ2) is 5.59. The summed E-state index contributed by atoms with van der Waals surface area (Å²) in [6, 6.07) is 8.30. The van der Waals surface area contributed by atoms with Crippen molar-refractivity contribution in [2.75, 3.05) is 0 Å². The summed E-state index contributed by atoms with van der Waals surface area (Å²) >= 11 is 12.0. The van der Waals surface area contributed by atoms with Crippen molar-refractivity contribution >= 4 is 29.5 Å². The molecular weight excluding hydrogens is 285 g/mol. The van der Waals surface area contributed by atoms with Gasteiger partial charge in [-0.25, -0.2) is 0 Å². The molecule has 0 N–H and O–H groups in total.